The highest BCUT2D eigenvalue weighted by molar-refractivity contribution is 7.91. The van der Waals surface area contributed by atoms with Crippen LogP contribution in [0.4, 0.5) is 0 Å². The normalized spacial score (nSPS) is 25.2. The molecule has 0 aromatic heterocycles. The molecule has 1 heterocycles. The van der Waals surface area contributed by atoms with Crippen molar-refractivity contribution in [3.63, 3.8) is 0 Å². The Morgan fingerprint density at radius 2 is 2.25 bits per heavy atom. The molecule has 6 heteroatoms. The number of rotatable bonds is 5. The molecule has 5 nitrogen and oxygen atoms in total. The van der Waals surface area contributed by atoms with Crippen molar-refractivity contribution >= 4 is 15.7 Å². The molecule has 1 aliphatic rings. The number of nitrogens with one attached hydrogen (secondary N) is 1. The van der Waals surface area contributed by atoms with Crippen LogP contribution in [0.2, 0.25) is 0 Å². The smallest absolute Gasteiger partial charge is 0.236 e. The van der Waals surface area contributed by atoms with Crippen molar-refractivity contribution < 1.29 is 13.2 Å². The van der Waals surface area contributed by atoms with Gasteiger partial charge in [-0.15, -0.1) is 0 Å². The van der Waals surface area contributed by atoms with Gasteiger partial charge in [0, 0.05) is 6.54 Å². The lowest BCUT2D eigenvalue weighted by atomic mass is 10.1. The molecule has 0 radical (unpaired) electrons. The second-order valence-corrected chi connectivity index (χ2v) is 6.64. The van der Waals surface area contributed by atoms with Gasteiger partial charge in [-0.2, -0.15) is 0 Å². The molecule has 2 atom stereocenters. The van der Waals surface area contributed by atoms with Crippen LogP contribution in [-0.2, 0) is 14.6 Å². The maximum atomic E-state index is 11.5. The third kappa shape index (κ3) is 4.09. The second kappa shape index (κ2) is 5.63. The van der Waals surface area contributed by atoms with Crippen molar-refractivity contribution in [3.8, 4) is 0 Å². The van der Waals surface area contributed by atoms with E-state index in [1.165, 1.54) is 0 Å². The van der Waals surface area contributed by atoms with Crippen LogP contribution >= 0.6 is 0 Å². The zero-order valence-corrected chi connectivity index (χ0v) is 10.4. The zero-order valence-electron chi connectivity index (χ0n) is 9.61. The van der Waals surface area contributed by atoms with Gasteiger partial charge in [0.15, 0.2) is 9.84 Å². The van der Waals surface area contributed by atoms with Gasteiger partial charge in [-0.3, -0.25) is 4.79 Å². The Morgan fingerprint density at radius 1 is 1.56 bits per heavy atom. The lowest BCUT2D eigenvalue weighted by molar-refractivity contribution is -0.122. The summed E-state index contributed by atoms with van der Waals surface area (Å²) in [7, 11) is -2.86. The Morgan fingerprint density at radius 3 is 2.75 bits per heavy atom. The summed E-state index contributed by atoms with van der Waals surface area (Å²) in [6.07, 6.45) is 2.17. The molecule has 0 aliphatic carbocycles. The Bertz CT molecular complexity index is 340. The van der Waals surface area contributed by atoms with Crippen LogP contribution in [0.15, 0.2) is 0 Å². The number of carbonyl (C=O) groups excluding carboxylic acids is 1. The van der Waals surface area contributed by atoms with E-state index >= 15 is 0 Å². The van der Waals surface area contributed by atoms with Crippen molar-refractivity contribution in [1.29, 1.82) is 0 Å². The van der Waals surface area contributed by atoms with E-state index in [0.29, 0.717) is 19.4 Å². The van der Waals surface area contributed by atoms with Crippen LogP contribution < -0.4 is 11.1 Å². The monoisotopic (exact) mass is 248 g/mol. The molecule has 0 aromatic rings. The molecular formula is C10H20N2O3S. The molecule has 16 heavy (non-hydrogen) atoms. The molecule has 0 aromatic carbocycles. The molecule has 1 amide bonds. The number of sulfone groups is 1. The summed E-state index contributed by atoms with van der Waals surface area (Å²) in [5, 5.41) is 2.72. The lowest BCUT2D eigenvalue weighted by Gasteiger charge is -2.13. The minimum absolute atomic E-state index is 0.0581. The molecule has 3 N–H and O–H groups in total. The van der Waals surface area contributed by atoms with Crippen LogP contribution in [0.1, 0.15) is 26.2 Å². The van der Waals surface area contributed by atoms with E-state index in [9.17, 15) is 13.2 Å². The van der Waals surface area contributed by atoms with Gasteiger partial charge in [-0.1, -0.05) is 13.3 Å². The summed E-state index contributed by atoms with van der Waals surface area (Å²) in [4.78, 5) is 11.5. The van der Waals surface area contributed by atoms with Crippen molar-refractivity contribution in [2.45, 2.75) is 32.2 Å². The maximum absolute atomic E-state index is 11.5. The molecule has 1 rings (SSSR count). The molecule has 1 unspecified atom stereocenters. The fourth-order valence-corrected chi connectivity index (χ4v) is 3.71. The van der Waals surface area contributed by atoms with E-state index in [2.05, 4.69) is 5.32 Å². The van der Waals surface area contributed by atoms with Gasteiger partial charge in [0.2, 0.25) is 5.91 Å². The first-order valence-corrected chi connectivity index (χ1v) is 7.50. The first-order chi connectivity index (χ1) is 7.44. The molecule has 0 saturated carbocycles. The molecule has 0 spiro atoms. The zero-order chi connectivity index (χ0) is 12.2. The van der Waals surface area contributed by atoms with Crippen LogP contribution in [0.3, 0.4) is 0 Å². The summed E-state index contributed by atoms with van der Waals surface area (Å²) in [6.45, 7) is 2.40. The molecule has 94 valence electrons. The van der Waals surface area contributed by atoms with Crippen LogP contribution in [0, 0.1) is 5.92 Å². The third-order valence-electron chi connectivity index (χ3n) is 2.83. The van der Waals surface area contributed by atoms with E-state index in [0.717, 1.165) is 6.42 Å². The van der Waals surface area contributed by atoms with E-state index in [4.69, 9.17) is 5.73 Å². The Labute approximate surface area is 96.7 Å². The van der Waals surface area contributed by atoms with E-state index in [1.54, 1.807) is 0 Å². The summed E-state index contributed by atoms with van der Waals surface area (Å²) < 4.78 is 22.4. The lowest BCUT2D eigenvalue weighted by Crippen LogP contribution is -2.42. The highest BCUT2D eigenvalue weighted by Gasteiger charge is 2.28. The molecule has 1 fully saturated rings. The average molecular weight is 248 g/mol. The van der Waals surface area contributed by atoms with Gasteiger partial charge >= 0.3 is 0 Å². The van der Waals surface area contributed by atoms with Crippen molar-refractivity contribution in [3.05, 3.63) is 0 Å². The fraction of sp³-hybridized carbons (Fsp3) is 0.900. The number of amides is 1. The largest absolute Gasteiger partial charge is 0.354 e. The Hall–Kier alpha value is -0.620. The van der Waals surface area contributed by atoms with Gasteiger partial charge in [0.25, 0.3) is 0 Å². The standard InChI is InChI=1S/C10H20N2O3S/c1-2-3-9(11)10(13)12-6-8-4-5-16(14,15)7-8/h8-9H,2-7,11H2,1H3,(H,12,13)/t8?,9-/m0/s1. The number of nitrogens with two attached hydrogens (primary N) is 1. The molecule has 1 aliphatic heterocycles. The highest BCUT2D eigenvalue weighted by Crippen LogP contribution is 2.17. The van der Waals surface area contributed by atoms with Crippen molar-refractivity contribution in [2.24, 2.45) is 11.7 Å². The fourth-order valence-electron chi connectivity index (χ4n) is 1.85. The van der Waals surface area contributed by atoms with Gasteiger partial charge < -0.3 is 11.1 Å². The number of hydrogen-bond acceptors (Lipinski definition) is 4. The van der Waals surface area contributed by atoms with Crippen LogP contribution in [0.5, 0.6) is 0 Å². The molecule has 0 bridgehead atoms. The quantitative estimate of drug-likeness (QED) is 0.697. The molecular weight excluding hydrogens is 228 g/mol. The Balaban J connectivity index is 2.28. The van der Waals surface area contributed by atoms with Gasteiger partial charge in [0.05, 0.1) is 17.5 Å². The SMILES string of the molecule is CCC[C@H](N)C(=O)NCC1CCS(=O)(=O)C1. The van der Waals surface area contributed by atoms with Gasteiger partial charge in [0.1, 0.15) is 0 Å². The minimum atomic E-state index is -2.86. The van der Waals surface area contributed by atoms with Crippen molar-refractivity contribution in [1.82, 2.24) is 5.32 Å². The summed E-state index contributed by atoms with van der Waals surface area (Å²) in [5.41, 5.74) is 5.64. The number of carbonyl (C=O) groups is 1. The summed E-state index contributed by atoms with van der Waals surface area (Å²) >= 11 is 0. The third-order valence-corrected chi connectivity index (χ3v) is 4.67. The number of hydrogen-bond donors (Lipinski definition) is 2. The predicted octanol–water partition coefficient (Wildman–Crippen LogP) is -0.335. The predicted molar refractivity (Wildman–Crippen MR) is 62.7 cm³/mol. The van der Waals surface area contributed by atoms with Gasteiger partial charge in [-0.25, -0.2) is 8.42 Å². The van der Waals surface area contributed by atoms with E-state index in [1.807, 2.05) is 6.92 Å². The Kier molecular flexibility index (Phi) is 4.73. The topological polar surface area (TPSA) is 89.3 Å². The van der Waals surface area contributed by atoms with E-state index < -0.39 is 15.9 Å². The minimum Gasteiger partial charge on any atom is -0.354 e. The first-order valence-electron chi connectivity index (χ1n) is 5.68. The summed E-state index contributed by atoms with van der Waals surface area (Å²) in [5.74, 6) is 0.319. The van der Waals surface area contributed by atoms with Gasteiger partial charge in [-0.05, 0) is 18.8 Å². The average Bonchev–Trinajstić information content (AvgIpc) is 2.55. The summed E-state index contributed by atoms with van der Waals surface area (Å²) in [6, 6.07) is -0.469. The first kappa shape index (κ1) is 13.4. The van der Waals surface area contributed by atoms with E-state index in [-0.39, 0.29) is 23.3 Å². The maximum Gasteiger partial charge on any atom is 0.236 e. The second-order valence-electron chi connectivity index (χ2n) is 4.41. The highest BCUT2D eigenvalue weighted by atomic mass is 32.2. The van der Waals surface area contributed by atoms with Crippen molar-refractivity contribution in [2.75, 3.05) is 18.1 Å². The van der Waals surface area contributed by atoms with Crippen LogP contribution in [-0.4, -0.2) is 38.4 Å². The van der Waals surface area contributed by atoms with Crippen LogP contribution in [0.25, 0.3) is 0 Å². The molecule has 1 saturated heterocycles.